The number of ether oxygens (including phenoxy) is 1. The SMILES string of the molecule is COc1ccc(C)cc1NC(=O)c1cc(NCc2ccncc2)nc(C)n1. The van der Waals surface area contributed by atoms with Gasteiger partial charge in [0.05, 0.1) is 12.8 Å². The van der Waals surface area contributed by atoms with Crippen LogP contribution in [0.3, 0.4) is 0 Å². The van der Waals surface area contributed by atoms with Crippen LogP contribution in [0.4, 0.5) is 11.5 Å². The first-order chi connectivity index (χ1) is 13.0. The van der Waals surface area contributed by atoms with Crippen molar-refractivity contribution in [1.29, 1.82) is 0 Å². The lowest BCUT2D eigenvalue weighted by Crippen LogP contribution is -2.16. The summed E-state index contributed by atoms with van der Waals surface area (Å²) in [4.78, 5) is 25.3. The molecule has 1 amide bonds. The molecule has 2 N–H and O–H groups in total. The van der Waals surface area contributed by atoms with E-state index >= 15 is 0 Å². The summed E-state index contributed by atoms with van der Waals surface area (Å²) in [5.41, 5.74) is 2.97. The van der Waals surface area contributed by atoms with E-state index in [1.165, 1.54) is 0 Å². The van der Waals surface area contributed by atoms with Gasteiger partial charge in [-0.3, -0.25) is 9.78 Å². The van der Waals surface area contributed by atoms with Crippen LogP contribution in [0.25, 0.3) is 0 Å². The number of hydrogen-bond acceptors (Lipinski definition) is 6. The van der Waals surface area contributed by atoms with Gasteiger partial charge in [0, 0.05) is 25.0 Å². The van der Waals surface area contributed by atoms with Crippen molar-refractivity contribution >= 4 is 17.4 Å². The third-order valence-electron chi connectivity index (χ3n) is 3.90. The van der Waals surface area contributed by atoms with E-state index in [0.29, 0.717) is 29.6 Å². The Morgan fingerprint density at radius 2 is 1.85 bits per heavy atom. The highest BCUT2D eigenvalue weighted by molar-refractivity contribution is 6.04. The second-order valence-electron chi connectivity index (χ2n) is 6.05. The molecule has 0 saturated carbocycles. The van der Waals surface area contributed by atoms with Gasteiger partial charge < -0.3 is 15.4 Å². The molecule has 0 aliphatic rings. The molecule has 0 atom stereocenters. The number of nitrogens with one attached hydrogen (secondary N) is 2. The lowest BCUT2D eigenvalue weighted by Gasteiger charge is -2.12. The Labute approximate surface area is 157 Å². The molecule has 0 bridgehead atoms. The van der Waals surface area contributed by atoms with E-state index in [9.17, 15) is 4.79 Å². The van der Waals surface area contributed by atoms with Crippen LogP contribution in [0.5, 0.6) is 5.75 Å². The van der Waals surface area contributed by atoms with Gasteiger partial charge in [-0.25, -0.2) is 9.97 Å². The first kappa shape index (κ1) is 18.3. The summed E-state index contributed by atoms with van der Waals surface area (Å²) in [5.74, 6) is 1.36. The number of hydrogen-bond donors (Lipinski definition) is 2. The van der Waals surface area contributed by atoms with Crippen LogP contribution in [-0.2, 0) is 6.54 Å². The lowest BCUT2D eigenvalue weighted by molar-refractivity contribution is 0.102. The van der Waals surface area contributed by atoms with E-state index in [-0.39, 0.29) is 11.6 Å². The maximum absolute atomic E-state index is 12.7. The fourth-order valence-electron chi connectivity index (χ4n) is 2.57. The third kappa shape index (κ3) is 4.78. The summed E-state index contributed by atoms with van der Waals surface area (Å²) in [5, 5.41) is 6.07. The number of rotatable bonds is 6. The predicted molar refractivity (Wildman–Crippen MR) is 104 cm³/mol. The Hall–Kier alpha value is -3.48. The third-order valence-corrected chi connectivity index (χ3v) is 3.90. The second-order valence-corrected chi connectivity index (χ2v) is 6.05. The average Bonchev–Trinajstić information content (AvgIpc) is 2.67. The van der Waals surface area contributed by atoms with Gasteiger partial charge in [0.15, 0.2) is 0 Å². The van der Waals surface area contributed by atoms with Gasteiger partial charge in [0.25, 0.3) is 5.91 Å². The molecule has 1 aromatic carbocycles. The van der Waals surface area contributed by atoms with E-state index in [0.717, 1.165) is 11.1 Å². The van der Waals surface area contributed by atoms with Gasteiger partial charge in [-0.1, -0.05) is 6.07 Å². The van der Waals surface area contributed by atoms with Gasteiger partial charge in [0.1, 0.15) is 23.1 Å². The molecule has 0 unspecified atom stereocenters. The molecule has 7 nitrogen and oxygen atoms in total. The van der Waals surface area contributed by atoms with E-state index in [2.05, 4.69) is 25.6 Å². The molecular formula is C20H21N5O2. The first-order valence-corrected chi connectivity index (χ1v) is 8.49. The number of aromatic nitrogens is 3. The topological polar surface area (TPSA) is 89.0 Å². The second kappa shape index (κ2) is 8.27. The maximum atomic E-state index is 12.7. The standard InChI is InChI=1S/C20H21N5O2/c1-13-4-5-18(27-3)16(10-13)25-20(26)17-11-19(24-14(2)23-17)22-12-15-6-8-21-9-7-15/h4-11H,12H2,1-3H3,(H,25,26)(H,22,23,24). The zero-order chi connectivity index (χ0) is 19.2. The fourth-order valence-corrected chi connectivity index (χ4v) is 2.57. The number of carbonyl (C=O) groups is 1. The van der Waals surface area contributed by atoms with Crippen molar-refractivity contribution < 1.29 is 9.53 Å². The zero-order valence-corrected chi connectivity index (χ0v) is 15.5. The first-order valence-electron chi connectivity index (χ1n) is 8.49. The Morgan fingerprint density at radius 1 is 1.07 bits per heavy atom. The minimum absolute atomic E-state index is 0.281. The van der Waals surface area contributed by atoms with Crippen molar-refractivity contribution in [3.63, 3.8) is 0 Å². The molecule has 0 aliphatic carbocycles. The predicted octanol–water partition coefficient (Wildman–Crippen LogP) is 3.36. The Kier molecular flexibility index (Phi) is 5.61. The van der Waals surface area contributed by atoms with Crippen LogP contribution in [0.2, 0.25) is 0 Å². The highest BCUT2D eigenvalue weighted by Gasteiger charge is 2.13. The molecule has 0 radical (unpaired) electrons. The number of anilines is 2. The molecule has 3 rings (SSSR count). The van der Waals surface area contributed by atoms with Gasteiger partial charge in [-0.15, -0.1) is 0 Å². The highest BCUT2D eigenvalue weighted by Crippen LogP contribution is 2.25. The van der Waals surface area contributed by atoms with Gasteiger partial charge >= 0.3 is 0 Å². The minimum atomic E-state index is -0.323. The normalized spacial score (nSPS) is 10.3. The summed E-state index contributed by atoms with van der Waals surface area (Å²) < 4.78 is 5.31. The van der Waals surface area contributed by atoms with E-state index in [4.69, 9.17) is 4.74 Å². The van der Waals surface area contributed by atoms with Gasteiger partial charge in [-0.2, -0.15) is 0 Å². The maximum Gasteiger partial charge on any atom is 0.274 e. The summed E-state index contributed by atoms with van der Waals surface area (Å²) in [6.45, 7) is 4.28. The van der Waals surface area contributed by atoms with Crippen LogP contribution in [0.15, 0.2) is 48.8 Å². The lowest BCUT2D eigenvalue weighted by atomic mass is 10.2. The van der Waals surface area contributed by atoms with Crippen molar-refractivity contribution in [2.75, 3.05) is 17.7 Å². The van der Waals surface area contributed by atoms with Crippen LogP contribution < -0.4 is 15.4 Å². The number of nitrogens with zero attached hydrogens (tertiary/aromatic N) is 3. The number of amides is 1. The smallest absolute Gasteiger partial charge is 0.274 e. The molecule has 138 valence electrons. The van der Waals surface area contributed by atoms with Crippen LogP contribution >= 0.6 is 0 Å². The molecular weight excluding hydrogens is 342 g/mol. The summed E-state index contributed by atoms with van der Waals surface area (Å²) in [7, 11) is 1.57. The van der Waals surface area contributed by atoms with E-state index < -0.39 is 0 Å². The van der Waals surface area contributed by atoms with Crippen LogP contribution in [-0.4, -0.2) is 28.0 Å². The molecule has 0 saturated heterocycles. The Balaban J connectivity index is 1.77. The molecule has 0 aliphatic heterocycles. The van der Waals surface area contributed by atoms with Crippen molar-refractivity contribution in [1.82, 2.24) is 15.0 Å². The van der Waals surface area contributed by atoms with Gasteiger partial charge in [-0.05, 0) is 49.2 Å². The van der Waals surface area contributed by atoms with Crippen LogP contribution in [0, 0.1) is 13.8 Å². The highest BCUT2D eigenvalue weighted by atomic mass is 16.5. The number of benzene rings is 1. The molecule has 0 fully saturated rings. The Bertz CT molecular complexity index is 944. The number of pyridine rings is 1. The monoisotopic (exact) mass is 363 g/mol. The van der Waals surface area contributed by atoms with Gasteiger partial charge in [0.2, 0.25) is 0 Å². The van der Waals surface area contributed by atoms with Crippen molar-refractivity contribution in [2.45, 2.75) is 20.4 Å². The molecule has 27 heavy (non-hydrogen) atoms. The summed E-state index contributed by atoms with van der Waals surface area (Å²) in [6.07, 6.45) is 3.46. The van der Waals surface area contributed by atoms with E-state index in [1.54, 1.807) is 32.5 Å². The minimum Gasteiger partial charge on any atom is -0.495 e. The molecule has 0 spiro atoms. The average molecular weight is 363 g/mol. The molecule has 2 aromatic heterocycles. The number of methoxy groups -OCH3 is 1. The van der Waals surface area contributed by atoms with Crippen LogP contribution in [0.1, 0.15) is 27.4 Å². The van der Waals surface area contributed by atoms with Crippen molar-refractivity contribution in [2.24, 2.45) is 0 Å². The summed E-state index contributed by atoms with van der Waals surface area (Å²) in [6, 6.07) is 11.1. The van der Waals surface area contributed by atoms with E-state index in [1.807, 2.05) is 37.3 Å². The molecule has 2 heterocycles. The summed E-state index contributed by atoms with van der Waals surface area (Å²) >= 11 is 0. The zero-order valence-electron chi connectivity index (χ0n) is 15.5. The van der Waals surface area contributed by atoms with Crippen molar-refractivity contribution in [3.05, 3.63) is 71.4 Å². The fraction of sp³-hybridized carbons (Fsp3) is 0.200. The number of aryl methyl sites for hydroxylation is 2. The number of carbonyl (C=O) groups excluding carboxylic acids is 1. The van der Waals surface area contributed by atoms with Crippen molar-refractivity contribution in [3.8, 4) is 5.75 Å². The quantitative estimate of drug-likeness (QED) is 0.698. The molecule has 3 aromatic rings. The Morgan fingerprint density at radius 3 is 2.59 bits per heavy atom. The molecule has 7 heteroatoms. The largest absolute Gasteiger partial charge is 0.495 e.